The molecule has 4 aromatic heterocycles. The van der Waals surface area contributed by atoms with E-state index in [9.17, 15) is 61.2 Å². The summed E-state index contributed by atoms with van der Waals surface area (Å²) in [5.74, 6) is -5.17. The number of hydrogen-bond donors (Lipinski definition) is 7. The molecule has 2 aliphatic heterocycles. The number of imide groups is 2. The van der Waals surface area contributed by atoms with Gasteiger partial charge in [0.25, 0.3) is 33.7 Å². The minimum absolute atomic E-state index is 0.00280. The maximum absolute atomic E-state index is 14.2. The van der Waals surface area contributed by atoms with Crippen LogP contribution in [0.3, 0.4) is 0 Å². The van der Waals surface area contributed by atoms with Crippen LogP contribution < -0.4 is 37.2 Å². The van der Waals surface area contributed by atoms with E-state index in [-0.39, 0.29) is 104 Å². The Morgan fingerprint density at radius 3 is 2.24 bits per heavy atom. The van der Waals surface area contributed by atoms with Crippen molar-refractivity contribution in [3.63, 3.8) is 0 Å². The molecule has 4 aliphatic carbocycles. The van der Waals surface area contributed by atoms with Gasteiger partial charge in [-0.25, -0.2) is 34.2 Å². The van der Waals surface area contributed by atoms with Crippen LogP contribution >= 0.6 is 11.3 Å². The van der Waals surface area contributed by atoms with Crippen molar-refractivity contribution < 1.29 is 70.7 Å². The summed E-state index contributed by atoms with van der Waals surface area (Å²) in [6.07, 6.45) is 11.4. The summed E-state index contributed by atoms with van der Waals surface area (Å²) in [6.45, 7) is 11.1. The molecule has 102 heavy (non-hydrogen) atoms. The van der Waals surface area contributed by atoms with Gasteiger partial charge < -0.3 is 51.0 Å². The molecule has 0 spiro atoms. The first-order chi connectivity index (χ1) is 48.4. The number of nitrogens with two attached hydrogens (primary N) is 2. The zero-order valence-corrected chi connectivity index (χ0v) is 59.4. The summed E-state index contributed by atoms with van der Waals surface area (Å²) in [6, 6.07) is 13.3. The quantitative estimate of drug-likeness (QED) is 0.0131. The number of imidazole rings is 1. The number of rotatable bonds is 31. The maximum Gasteiger partial charge on any atom is 0.410 e. The number of carbonyl (C=O) groups excluding carboxylic acids is 8. The number of ether oxygens (including phenoxy) is 2. The standard InChI is InChI=1S/C70H87N15O15S2/c1-43(2)57(78-54(86)15-7-6-10-25-83-55(87)22-23-56(83)88)60(89)75-50(13-11-24-71)62(91)85(64(72)94)46-18-16-45(17-19-46)34-99-66(95)80(29-31-102(96,97)98)28-30-100-70-38-67(4)35-68(5,39-70)37-69(36-67,40-70)41-84-44(3)48(32-74-84)47-20-21-53(77-58(47)63(92)93)81-26-27-82-42-73-59(51(82)33-81)61(90)79-65-76-49-12-8-9-14-52(49)101-65/h8-9,12,14,16-23,32,42-43,50,57H,6-7,10-11,13,15,24-31,33-41,71H2,1-5H3,(H2,72,94)(H,75,89)(H,78,86)(H,92,93)(H,76,79,90)(H,96,97,98)/t50-,57-,67?,68?,69?,70?/m0/s1. The number of anilines is 3. The van der Waals surface area contributed by atoms with E-state index >= 15 is 0 Å². The molecule has 0 saturated heterocycles. The van der Waals surface area contributed by atoms with Crippen LogP contribution in [-0.2, 0) is 69.8 Å². The minimum Gasteiger partial charge on any atom is -0.476 e. The number of nitrogens with zero attached hydrogens (tertiary/aromatic N) is 10. The molecule has 2 unspecified atom stereocenters. The van der Waals surface area contributed by atoms with Crippen LogP contribution in [0.15, 0.2) is 85.3 Å². The number of benzene rings is 2. The van der Waals surface area contributed by atoms with Crippen molar-refractivity contribution in [3.05, 3.63) is 114 Å². The largest absolute Gasteiger partial charge is 0.476 e. The van der Waals surface area contributed by atoms with E-state index in [0.717, 1.165) is 57.8 Å². The van der Waals surface area contributed by atoms with E-state index in [0.29, 0.717) is 83.6 Å². The summed E-state index contributed by atoms with van der Waals surface area (Å²) in [5, 5.41) is 24.4. The Balaban J connectivity index is 0.706. The number of primary amides is 1. The number of nitrogens with one attached hydrogen (secondary N) is 3. The lowest BCUT2D eigenvalue weighted by atomic mass is 9.39. The normalized spacial score (nSPS) is 21.1. The summed E-state index contributed by atoms with van der Waals surface area (Å²) >= 11 is 1.36. The van der Waals surface area contributed by atoms with Gasteiger partial charge >= 0.3 is 18.1 Å². The third kappa shape index (κ3) is 16.8. The molecule has 544 valence electrons. The maximum atomic E-state index is 14.2. The van der Waals surface area contributed by atoms with E-state index in [1.54, 1.807) is 38.5 Å². The Bertz CT molecular complexity index is 4310. The number of fused-ring (bicyclic) bond motifs is 2. The summed E-state index contributed by atoms with van der Waals surface area (Å²) in [7, 11) is -4.54. The topological polar surface area (TPSA) is 409 Å². The number of carboxylic acid groups (broad SMARTS) is 1. The van der Waals surface area contributed by atoms with Crippen LogP contribution in [0.2, 0.25) is 0 Å². The number of amides is 9. The van der Waals surface area contributed by atoms with Gasteiger partial charge in [-0.15, -0.1) is 0 Å². The van der Waals surface area contributed by atoms with Crippen molar-refractivity contribution in [2.24, 2.45) is 33.6 Å². The van der Waals surface area contributed by atoms with E-state index < -0.39 is 87.7 Å². The van der Waals surface area contributed by atoms with Gasteiger partial charge in [0.15, 0.2) is 16.5 Å². The van der Waals surface area contributed by atoms with Crippen LogP contribution in [-0.4, -0.2) is 173 Å². The smallest absolute Gasteiger partial charge is 0.410 e. The van der Waals surface area contributed by atoms with Gasteiger partial charge in [-0.2, -0.15) is 13.5 Å². The molecule has 30 nitrogen and oxygen atoms in total. The fourth-order valence-corrected chi connectivity index (χ4v) is 17.8. The van der Waals surface area contributed by atoms with Crippen LogP contribution in [0.5, 0.6) is 0 Å². The zero-order valence-electron chi connectivity index (χ0n) is 57.7. The van der Waals surface area contributed by atoms with Crippen molar-refractivity contribution in [1.29, 1.82) is 0 Å². The minimum atomic E-state index is -4.54. The molecule has 32 heteroatoms. The number of hydrogen-bond acceptors (Lipinski definition) is 20. The van der Waals surface area contributed by atoms with Crippen molar-refractivity contribution in [2.45, 2.75) is 156 Å². The van der Waals surface area contributed by atoms with E-state index in [1.165, 1.54) is 47.8 Å². The average Bonchev–Trinajstić information content (AvgIpc) is 0.717. The number of aromatic carboxylic acids is 1. The Kier molecular flexibility index (Phi) is 21.8. The van der Waals surface area contributed by atoms with E-state index in [2.05, 4.69) is 39.8 Å². The lowest BCUT2D eigenvalue weighted by molar-refractivity contribution is -0.248. The van der Waals surface area contributed by atoms with Gasteiger partial charge in [0.2, 0.25) is 11.8 Å². The molecule has 9 amide bonds. The first-order valence-electron chi connectivity index (χ1n) is 34.2. The van der Waals surface area contributed by atoms with Gasteiger partial charge in [0.1, 0.15) is 24.5 Å². The van der Waals surface area contributed by atoms with Gasteiger partial charge in [-0.05, 0) is 142 Å². The molecule has 4 fully saturated rings. The summed E-state index contributed by atoms with van der Waals surface area (Å²) in [5.41, 5.74) is 14.1. The molecule has 4 bridgehead atoms. The number of para-hydroxylation sites is 1. The summed E-state index contributed by atoms with van der Waals surface area (Å²) in [4.78, 5) is 137. The van der Waals surface area contributed by atoms with Gasteiger partial charge in [-0.3, -0.25) is 48.2 Å². The molecule has 4 atom stereocenters. The lowest BCUT2D eigenvalue weighted by Gasteiger charge is -2.69. The molecule has 2 aromatic carbocycles. The van der Waals surface area contributed by atoms with Crippen molar-refractivity contribution in [3.8, 4) is 11.1 Å². The highest BCUT2D eigenvalue weighted by Crippen LogP contribution is 2.72. The average molecular weight is 1440 g/mol. The molecule has 6 heterocycles. The SMILES string of the molecule is Cc1c(-c2ccc(N3CCn4cnc(C(=O)Nc5nc6ccccc6s5)c4C3)nc2C(=O)O)cnn1CC12CC3(C)CC(C)(C1)CC(OCCN(CCS(=O)(=O)O)C(=O)OCc1ccc(N(C(N)=O)C(=O)[C@H](CCCN)NC(=O)[C@@H](NC(=O)CCCCCN4C(=O)C=CC4=O)C(C)C)cc1)(C3)C2. The van der Waals surface area contributed by atoms with Crippen LogP contribution in [0.4, 0.5) is 26.2 Å². The van der Waals surface area contributed by atoms with Crippen molar-refractivity contribution in [2.75, 3.05) is 60.2 Å². The first kappa shape index (κ1) is 73.7. The third-order valence-electron chi connectivity index (χ3n) is 20.0. The monoisotopic (exact) mass is 1440 g/mol. The number of thiazole rings is 1. The number of urea groups is 1. The van der Waals surface area contributed by atoms with Gasteiger partial charge in [-0.1, -0.05) is 69.7 Å². The number of unbranched alkanes of at least 4 members (excludes halogenated alkanes) is 2. The van der Waals surface area contributed by atoms with Crippen molar-refractivity contribution in [1.82, 2.24) is 49.7 Å². The molecular weight excluding hydrogens is 1350 g/mol. The summed E-state index contributed by atoms with van der Waals surface area (Å²) < 4.78 is 51.5. The highest BCUT2D eigenvalue weighted by molar-refractivity contribution is 7.85. The predicted molar refractivity (Wildman–Crippen MR) is 376 cm³/mol. The highest BCUT2D eigenvalue weighted by atomic mass is 32.2. The predicted octanol–water partition coefficient (Wildman–Crippen LogP) is 6.95. The van der Waals surface area contributed by atoms with Crippen LogP contribution in [0, 0.1) is 29.1 Å². The fourth-order valence-electron chi connectivity index (χ4n) is 16.5. The molecule has 9 N–H and O–H groups in total. The first-order valence-corrected chi connectivity index (χ1v) is 36.7. The molecule has 6 aliphatic rings. The molecule has 4 saturated carbocycles. The third-order valence-corrected chi connectivity index (χ3v) is 21.6. The van der Waals surface area contributed by atoms with E-state index in [1.807, 2.05) is 45.3 Å². The molecule has 12 rings (SSSR count). The molecule has 6 aromatic rings. The number of pyridine rings is 1. The lowest BCUT2D eigenvalue weighted by Crippen LogP contribution is -2.64. The van der Waals surface area contributed by atoms with Crippen LogP contribution in [0.1, 0.15) is 143 Å². The second-order valence-corrected chi connectivity index (χ2v) is 31.3. The number of carbonyl (C=O) groups is 9. The zero-order chi connectivity index (χ0) is 73.1. The number of aromatic nitrogens is 6. The second kappa shape index (κ2) is 30.2. The van der Waals surface area contributed by atoms with E-state index in [4.69, 9.17) is 31.0 Å². The molecule has 0 radical (unpaired) electrons. The number of carboxylic acids is 1. The van der Waals surface area contributed by atoms with Crippen molar-refractivity contribution >= 4 is 102 Å². The van der Waals surface area contributed by atoms with Crippen LogP contribution in [0.25, 0.3) is 21.3 Å². The second-order valence-electron chi connectivity index (χ2n) is 28.7. The Morgan fingerprint density at radius 1 is 0.833 bits per heavy atom. The van der Waals surface area contributed by atoms with Gasteiger partial charge in [0.05, 0.1) is 58.6 Å². The van der Waals surface area contributed by atoms with Gasteiger partial charge in [0, 0.05) is 74.7 Å². The highest BCUT2D eigenvalue weighted by Gasteiger charge is 2.66. The Labute approximate surface area is 593 Å². The Morgan fingerprint density at radius 2 is 1.56 bits per heavy atom. The fraction of sp³-hybridized carbons (Fsp3) is 0.500. The Hall–Kier alpha value is -9.50. The molecular formula is C70H87N15O15S2.